The second-order valence-electron chi connectivity index (χ2n) is 27.3. The van der Waals surface area contributed by atoms with Gasteiger partial charge in [-0.3, -0.25) is 14.4 Å². The Labute approximate surface area is 650 Å². The quantitative estimate of drug-likeness (QED) is 0.0829. The molecule has 12 rings (SSSR count). The van der Waals surface area contributed by atoms with Gasteiger partial charge in [0.1, 0.15) is 0 Å². The van der Waals surface area contributed by atoms with E-state index in [1.807, 2.05) is 151 Å². The summed E-state index contributed by atoms with van der Waals surface area (Å²) in [5.74, 6) is 1.03. The second kappa shape index (κ2) is 36.5. The fourth-order valence-corrected chi connectivity index (χ4v) is 16.0. The summed E-state index contributed by atoms with van der Waals surface area (Å²) < 4.78 is 5.23. The van der Waals surface area contributed by atoms with Crippen LogP contribution in [0.15, 0.2) is 127 Å². The van der Waals surface area contributed by atoms with E-state index in [1.165, 1.54) is 57.8 Å². The number of allylic oxidation sites excluding steroid dienone is 3. The molecule has 3 N–H and O–H groups in total. The first kappa shape index (κ1) is 78.8. The average molecular weight is 1560 g/mol. The van der Waals surface area contributed by atoms with Crippen LogP contribution in [0.5, 0.6) is 0 Å². The smallest absolute Gasteiger partial charge is 0.272 e. The Morgan fingerprint density at radius 1 is 0.437 bits per heavy atom. The molecule has 3 aromatic heterocycles. The molecule has 540 valence electrons. The first-order chi connectivity index (χ1) is 49.3. The van der Waals surface area contributed by atoms with Crippen molar-refractivity contribution in [1.29, 1.82) is 0 Å². The molecule has 103 heavy (non-hydrogen) atoms. The third kappa shape index (κ3) is 20.2. The molecule has 21 heteroatoms. The van der Waals surface area contributed by atoms with E-state index < -0.39 is 0 Å². The van der Waals surface area contributed by atoms with E-state index in [9.17, 15) is 14.4 Å². The zero-order chi connectivity index (χ0) is 73.8. The standard InChI is InChI=1S/C28H30Cl3N3O.2C27H28Cl3N3O/c1-17(15-20-9-11-22(29)12-10-20)27-18(2)26(28(35)32-19(3)21-7-5-4-6-8-21)33-34(27)25-14-13-23(30)16-24(25)31;1-16-6-4-5-7-23(16)31-27(34)25-18(3)26(17(2)14-19-8-10-20(28)11-9-19)33(32-25)24-13-12-21(29)15-22(24)30;1-17(14-19-8-10-21(28)11-9-19)26-18(2)25(27(34)31-16-20-6-4-3-5-7-20)32-33(26)24-13-12-22(29)15-23(24)30/h9-16,19,21H,4-8H2,1-3H3,(H,32,35);8-16,23H,4-7H2,1-3H3,(H,31,34);8-15,20H,3-7,16H2,1-2H3,(H,31,34)/b17-15+;2*17-14+/t19-;;/m1../s1. The molecular formula is C82H86Cl9N9O3. The van der Waals surface area contributed by atoms with Gasteiger partial charge in [0, 0.05) is 65.5 Å². The van der Waals surface area contributed by atoms with Crippen molar-refractivity contribution in [2.24, 2.45) is 17.8 Å². The van der Waals surface area contributed by atoms with Gasteiger partial charge in [-0.05, 0) is 247 Å². The number of nitrogens with zero attached hydrogens (tertiary/aromatic N) is 6. The van der Waals surface area contributed by atoms with Crippen molar-refractivity contribution in [2.75, 3.05) is 6.54 Å². The molecule has 9 aromatic rings. The summed E-state index contributed by atoms with van der Waals surface area (Å²) in [7, 11) is 0. The Hall–Kier alpha value is -6.81. The molecule has 3 amide bonds. The minimum absolute atomic E-state index is 0.0978. The molecule has 3 atom stereocenters. The molecule has 3 heterocycles. The summed E-state index contributed by atoms with van der Waals surface area (Å²) >= 11 is 56.2. The Kier molecular flexibility index (Phi) is 27.9. The number of halogens is 9. The lowest BCUT2D eigenvalue weighted by molar-refractivity contribution is 0.0899. The number of carbonyl (C=O) groups excluding carboxylic acids is 3. The van der Waals surface area contributed by atoms with Crippen LogP contribution in [0.25, 0.3) is 52.0 Å². The van der Waals surface area contributed by atoms with Crippen molar-refractivity contribution in [3.63, 3.8) is 0 Å². The number of amides is 3. The summed E-state index contributed by atoms with van der Waals surface area (Å²) in [5.41, 5.74) is 13.9. The minimum atomic E-state index is -0.162. The van der Waals surface area contributed by atoms with Gasteiger partial charge in [0.15, 0.2) is 17.1 Å². The van der Waals surface area contributed by atoms with E-state index >= 15 is 0 Å². The average Bonchev–Trinajstić information content (AvgIpc) is 1.64. The van der Waals surface area contributed by atoms with Crippen molar-refractivity contribution < 1.29 is 14.4 Å². The van der Waals surface area contributed by atoms with Crippen molar-refractivity contribution in [3.05, 3.63) is 240 Å². The van der Waals surface area contributed by atoms with Gasteiger partial charge in [-0.1, -0.05) is 199 Å². The summed E-state index contributed by atoms with van der Waals surface area (Å²) in [6.45, 7) is 16.8. The highest BCUT2D eigenvalue weighted by atomic mass is 35.5. The number of hydrogen-bond acceptors (Lipinski definition) is 6. The first-order valence-corrected chi connectivity index (χ1v) is 38.6. The monoisotopic (exact) mass is 1560 g/mol. The van der Waals surface area contributed by atoms with Gasteiger partial charge in [-0.2, -0.15) is 15.3 Å². The molecule has 0 radical (unpaired) electrons. The fraction of sp³-hybridized carbons (Fsp3) is 0.341. The van der Waals surface area contributed by atoms with Crippen LogP contribution in [0.2, 0.25) is 45.2 Å². The lowest BCUT2D eigenvalue weighted by Gasteiger charge is -2.29. The van der Waals surface area contributed by atoms with E-state index in [-0.39, 0.29) is 29.8 Å². The van der Waals surface area contributed by atoms with E-state index in [2.05, 4.69) is 29.8 Å². The van der Waals surface area contributed by atoms with E-state index in [4.69, 9.17) is 120 Å². The normalized spacial score (nSPS) is 16.5. The van der Waals surface area contributed by atoms with Crippen LogP contribution in [0, 0.1) is 38.5 Å². The number of benzene rings is 6. The minimum Gasteiger partial charge on any atom is -0.350 e. The van der Waals surface area contributed by atoms with Gasteiger partial charge in [-0.25, -0.2) is 14.0 Å². The highest BCUT2D eigenvalue weighted by molar-refractivity contribution is 6.37. The third-order valence-electron chi connectivity index (χ3n) is 19.7. The molecule has 0 bridgehead atoms. The van der Waals surface area contributed by atoms with E-state index in [0.29, 0.717) is 104 Å². The van der Waals surface area contributed by atoms with Crippen molar-refractivity contribution in [2.45, 2.75) is 157 Å². The van der Waals surface area contributed by atoms with Crippen LogP contribution in [0.1, 0.15) is 206 Å². The highest BCUT2D eigenvalue weighted by Gasteiger charge is 2.31. The van der Waals surface area contributed by atoms with E-state index in [0.717, 1.165) is 99.3 Å². The zero-order valence-electron chi connectivity index (χ0n) is 59.2. The SMILES string of the molecule is C/C(=C\c1ccc(Cl)cc1)c1c(C)c(C(=O)NC2CCCCC2C)nn1-c1ccc(Cl)cc1Cl.C/C(=C\c1ccc(Cl)cc1)c1c(C)c(C(=O)NCC2CCCCC2)nn1-c1ccc(Cl)cc1Cl.C/C(=C\c1ccc(Cl)cc1)c1c(C)c(C(=O)N[C@H](C)C2CCCCC2)nn1-c1ccc(Cl)cc1Cl. The maximum atomic E-state index is 13.4. The van der Waals surface area contributed by atoms with Gasteiger partial charge < -0.3 is 16.0 Å². The summed E-state index contributed by atoms with van der Waals surface area (Å²) in [5, 5.41) is 28.8. The number of carbonyl (C=O) groups is 3. The van der Waals surface area contributed by atoms with Gasteiger partial charge in [0.05, 0.1) is 49.2 Å². The lowest BCUT2D eigenvalue weighted by atomic mass is 9.84. The molecule has 6 aromatic carbocycles. The number of aromatic nitrogens is 6. The Bertz CT molecular complexity index is 4600. The lowest BCUT2D eigenvalue weighted by Crippen LogP contribution is -2.41. The number of rotatable bonds is 17. The van der Waals surface area contributed by atoms with E-state index in [1.54, 1.807) is 50.4 Å². The molecule has 3 saturated carbocycles. The molecular weight excluding hydrogens is 1480 g/mol. The molecule has 3 aliphatic carbocycles. The molecule has 3 aliphatic rings. The van der Waals surface area contributed by atoms with Crippen LogP contribution in [0.3, 0.4) is 0 Å². The summed E-state index contributed by atoms with van der Waals surface area (Å²) in [6.07, 6.45) is 22.8. The highest BCUT2D eigenvalue weighted by Crippen LogP contribution is 2.37. The number of hydrogen-bond donors (Lipinski definition) is 3. The van der Waals surface area contributed by atoms with Gasteiger partial charge in [-0.15, -0.1) is 0 Å². The van der Waals surface area contributed by atoms with Crippen molar-refractivity contribution >= 4 is 157 Å². The Balaban J connectivity index is 0.000000166. The predicted octanol–water partition coefficient (Wildman–Crippen LogP) is 24.4. The molecule has 0 aliphatic heterocycles. The van der Waals surface area contributed by atoms with Gasteiger partial charge in [0.2, 0.25) is 0 Å². The molecule has 3 fully saturated rings. The van der Waals surface area contributed by atoms with Gasteiger partial charge >= 0.3 is 0 Å². The van der Waals surface area contributed by atoms with Crippen molar-refractivity contribution in [1.82, 2.24) is 45.3 Å². The Morgan fingerprint density at radius 2 is 0.767 bits per heavy atom. The van der Waals surface area contributed by atoms with Crippen LogP contribution in [-0.2, 0) is 0 Å². The molecule has 0 saturated heterocycles. The van der Waals surface area contributed by atoms with Gasteiger partial charge in [0.25, 0.3) is 17.7 Å². The molecule has 0 spiro atoms. The first-order valence-electron chi connectivity index (χ1n) is 35.2. The largest absolute Gasteiger partial charge is 0.350 e. The van der Waals surface area contributed by atoms with Crippen LogP contribution >= 0.6 is 104 Å². The number of nitrogens with one attached hydrogen (secondary N) is 3. The molecule has 12 nitrogen and oxygen atoms in total. The topological polar surface area (TPSA) is 141 Å². The Morgan fingerprint density at radius 3 is 1.14 bits per heavy atom. The second-order valence-corrected chi connectivity index (χ2v) is 31.2. The molecule has 2 unspecified atom stereocenters. The van der Waals surface area contributed by atoms with Crippen LogP contribution < -0.4 is 16.0 Å². The zero-order valence-corrected chi connectivity index (χ0v) is 66.0. The maximum absolute atomic E-state index is 13.4. The van der Waals surface area contributed by atoms with Crippen molar-refractivity contribution in [3.8, 4) is 17.1 Å². The maximum Gasteiger partial charge on any atom is 0.272 e. The third-order valence-corrected chi connectivity index (χ3v) is 22.1. The fourth-order valence-electron chi connectivity index (χ4n) is 14.1. The van der Waals surface area contributed by atoms with Crippen LogP contribution in [-0.4, -0.2) is 65.7 Å². The summed E-state index contributed by atoms with van der Waals surface area (Å²) in [6, 6.07) is 38.9. The predicted molar refractivity (Wildman–Crippen MR) is 431 cm³/mol. The van der Waals surface area contributed by atoms with Crippen LogP contribution in [0.4, 0.5) is 0 Å². The summed E-state index contributed by atoms with van der Waals surface area (Å²) in [4.78, 5) is 39.9.